The number of carbonyl (C=O) groups is 1. The van der Waals surface area contributed by atoms with Crippen molar-refractivity contribution in [3.63, 3.8) is 0 Å². The third-order valence-electron chi connectivity index (χ3n) is 5.34. The number of hydrogen-bond acceptors (Lipinski definition) is 3. The Morgan fingerprint density at radius 2 is 1.60 bits per heavy atom. The van der Waals surface area contributed by atoms with E-state index in [0.717, 1.165) is 38.3 Å². The van der Waals surface area contributed by atoms with E-state index in [2.05, 4.69) is 22.0 Å². The largest absolute Gasteiger partial charge is 0.342 e. The van der Waals surface area contributed by atoms with Gasteiger partial charge in [0.05, 0.1) is 6.42 Å². The van der Waals surface area contributed by atoms with E-state index in [-0.39, 0.29) is 5.91 Å². The van der Waals surface area contributed by atoms with E-state index in [4.69, 9.17) is 11.6 Å². The van der Waals surface area contributed by atoms with Crippen molar-refractivity contribution in [2.45, 2.75) is 13.0 Å². The monoisotopic (exact) mass is 355 g/mol. The maximum atomic E-state index is 12.6. The van der Waals surface area contributed by atoms with Crippen LogP contribution in [0, 0.1) is 11.8 Å². The van der Waals surface area contributed by atoms with Crippen LogP contribution in [-0.4, -0.2) is 46.9 Å². The van der Waals surface area contributed by atoms with Crippen molar-refractivity contribution in [1.29, 1.82) is 0 Å². The zero-order chi connectivity index (χ0) is 17.2. The molecular formula is C20H22ClN3O. The Balaban J connectivity index is 1.30. The van der Waals surface area contributed by atoms with E-state index >= 15 is 0 Å². The van der Waals surface area contributed by atoms with Gasteiger partial charge in [-0.3, -0.25) is 14.7 Å². The van der Waals surface area contributed by atoms with Gasteiger partial charge in [-0.05, 0) is 47.2 Å². The average molecular weight is 356 g/mol. The molecule has 4 nitrogen and oxygen atoms in total. The Morgan fingerprint density at radius 3 is 2.24 bits per heavy atom. The molecule has 5 heteroatoms. The van der Waals surface area contributed by atoms with E-state index in [0.29, 0.717) is 23.3 Å². The molecule has 0 spiro atoms. The number of benzene rings is 1. The highest BCUT2D eigenvalue weighted by molar-refractivity contribution is 6.30. The van der Waals surface area contributed by atoms with Crippen molar-refractivity contribution in [1.82, 2.24) is 14.8 Å². The van der Waals surface area contributed by atoms with E-state index in [1.807, 2.05) is 41.6 Å². The van der Waals surface area contributed by atoms with Crippen LogP contribution in [0.15, 0.2) is 48.8 Å². The summed E-state index contributed by atoms with van der Waals surface area (Å²) in [7, 11) is 0. The van der Waals surface area contributed by atoms with Crippen LogP contribution in [0.2, 0.25) is 5.02 Å². The van der Waals surface area contributed by atoms with Gasteiger partial charge in [-0.1, -0.05) is 23.7 Å². The Hall–Kier alpha value is -1.91. The van der Waals surface area contributed by atoms with Gasteiger partial charge in [-0.15, -0.1) is 0 Å². The van der Waals surface area contributed by atoms with Crippen molar-refractivity contribution < 1.29 is 4.79 Å². The fourth-order valence-corrected chi connectivity index (χ4v) is 4.18. The lowest BCUT2D eigenvalue weighted by Crippen LogP contribution is -2.34. The normalized spacial score (nSPS) is 23.0. The van der Waals surface area contributed by atoms with Gasteiger partial charge in [0.1, 0.15) is 0 Å². The standard InChI is InChI=1S/C20H22ClN3O/c21-19-3-1-15(2-4-19)9-20(25)24-13-17-11-23(12-18(17)14-24)10-16-5-7-22-8-6-16/h1-8,17-18H,9-14H2. The number of likely N-dealkylation sites (tertiary alicyclic amines) is 2. The van der Waals surface area contributed by atoms with E-state index in [1.54, 1.807) is 0 Å². The summed E-state index contributed by atoms with van der Waals surface area (Å²) in [6, 6.07) is 11.7. The molecule has 3 heterocycles. The fourth-order valence-electron chi connectivity index (χ4n) is 4.06. The van der Waals surface area contributed by atoms with E-state index in [1.165, 1.54) is 5.56 Å². The van der Waals surface area contributed by atoms with Crippen LogP contribution in [0.5, 0.6) is 0 Å². The van der Waals surface area contributed by atoms with Crippen LogP contribution < -0.4 is 0 Å². The molecule has 2 unspecified atom stereocenters. The maximum Gasteiger partial charge on any atom is 0.227 e. The number of halogens is 1. The van der Waals surface area contributed by atoms with Crippen LogP contribution in [0.4, 0.5) is 0 Å². The molecule has 0 bridgehead atoms. The molecule has 2 atom stereocenters. The highest BCUT2D eigenvalue weighted by atomic mass is 35.5. The number of fused-ring (bicyclic) bond motifs is 1. The second kappa shape index (κ2) is 7.14. The summed E-state index contributed by atoms with van der Waals surface area (Å²) in [5.41, 5.74) is 2.34. The molecule has 0 N–H and O–H groups in total. The first kappa shape index (κ1) is 16.6. The number of carbonyl (C=O) groups excluding carboxylic acids is 1. The van der Waals surface area contributed by atoms with Crippen LogP contribution in [0.25, 0.3) is 0 Å². The molecule has 0 radical (unpaired) electrons. The molecule has 0 aliphatic carbocycles. The minimum Gasteiger partial charge on any atom is -0.342 e. The van der Waals surface area contributed by atoms with Crippen molar-refractivity contribution in [3.8, 4) is 0 Å². The molecule has 2 fully saturated rings. The Labute approximate surface area is 153 Å². The summed E-state index contributed by atoms with van der Waals surface area (Å²) in [4.78, 5) is 21.2. The lowest BCUT2D eigenvalue weighted by atomic mass is 10.0. The lowest BCUT2D eigenvalue weighted by molar-refractivity contribution is -0.129. The first-order valence-electron chi connectivity index (χ1n) is 8.81. The minimum absolute atomic E-state index is 0.234. The number of pyridine rings is 1. The average Bonchev–Trinajstić information content (AvgIpc) is 3.16. The van der Waals surface area contributed by atoms with Gasteiger partial charge in [-0.25, -0.2) is 0 Å². The molecule has 2 aliphatic rings. The molecule has 2 aliphatic heterocycles. The number of rotatable bonds is 4. The smallest absolute Gasteiger partial charge is 0.227 e. The summed E-state index contributed by atoms with van der Waals surface area (Å²) in [5.74, 6) is 1.45. The molecule has 4 rings (SSSR count). The van der Waals surface area contributed by atoms with Crippen molar-refractivity contribution >= 4 is 17.5 Å². The Bertz CT molecular complexity index is 720. The third-order valence-corrected chi connectivity index (χ3v) is 5.59. The van der Waals surface area contributed by atoms with Crippen molar-refractivity contribution in [3.05, 3.63) is 64.9 Å². The summed E-state index contributed by atoms with van der Waals surface area (Å²) < 4.78 is 0. The third kappa shape index (κ3) is 3.86. The van der Waals surface area contributed by atoms with Gasteiger partial charge in [0.2, 0.25) is 5.91 Å². The molecule has 1 aromatic heterocycles. The van der Waals surface area contributed by atoms with Crippen LogP contribution in [0.1, 0.15) is 11.1 Å². The SMILES string of the molecule is O=C(Cc1ccc(Cl)cc1)N1CC2CN(Cc3ccncc3)CC2C1. The van der Waals surface area contributed by atoms with Crippen molar-refractivity contribution in [2.24, 2.45) is 11.8 Å². The number of hydrogen-bond donors (Lipinski definition) is 0. The molecule has 1 amide bonds. The van der Waals surface area contributed by atoms with Crippen LogP contribution >= 0.6 is 11.6 Å². The van der Waals surface area contributed by atoms with Gasteiger partial charge < -0.3 is 4.90 Å². The Kier molecular flexibility index (Phi) is 4.73. The predicted octanol–water partition coefficient (Wildman–Crippen LogP) is 2.87. The minimum atomic E-state index is 0.234. The van der Waals surface area contributed by atoms with Gasteiger partial charge in [0, 0.05) is 50.1 Å². The van der Waals surface area contributed by atoms with Gasteiger partial charge >= 0.3 is 0 Å². The van der Waals surface area contributed by atoms with E-state index < -0.39 is 0 Å². The lowest BCUT2D eigenvalue weighted by Gasteiger charge is -2.21. The second-order valence-electron chi connectivity index (χ2n) is 7.17. The molecule has 25 heavy (non-hydrogen) atoms. The molecule has 0 saturated carbocycles. The zero-order valence-corrected chi connectivity index (χ0v) is 14.9. The molecule has 130 valence electrons. The molecular weight excluding hydrogens is 334 g/mol. The molecule has 2 saturated heterocycles. The van der Waals surface area contributed by atoms with Crippen LogP contribution in [-0.2, 0) is 17.8 Å². The van der Waals surface area contributed by atoms with Gasteiger partial charge in [0.25, 0.3) is 0 Å². The predicted molar refractivity (Wildman–Crippen MR) is 98.2 cm³/mol. The van der Waals surface area contributed by atoms with Gasteiger partial charge in [-0.2, -0.15) is 0 Å². The van der Waals surface area contributed by atoms with Crippen LogP contribution in [0.3, 0.4) is 0 Å². The Morgan fingerprint density at radius 1 is 0.960 bits per heavy atom. The molecule has 2 aromatic rings. The highest BCUT2D eigenvalue weighted by Gasteiger charge is 2.41. The quantitative estimate of drug-likeness (QED) is 0.846. The molecule has 1 aromatic carbocycles. The highest BCUT2D eigenvalue weighted by Crippen LogP contribution is 2.32. The summed E-state index contributed by atoms with van der Waals surface area (Å²) in [5, 5.41) is 0.709. The van der Waals surface area contributed by atoms with Crippen molar-refractivity contribution in [2.75, 3.05) is 26.2 Å². The summed E-state index contributed by atoms with van der Waals surface area (Å²) >= 11 is 5.91. The first-order chi connectivity index (χ1) is 12.2. The summed E-state index contributed by atoms with van der Waals surface area (Å²) in [6.07, 6.45) is 4.17. The summed E-state index contributed by atoms with van der Waals surface area (Å²) in [6.45, 7) is 4.93. The number of amides is 1. The number of aromatic nitrogens is 1. The number of nitrogens with zero attached hydrogens (tertiary/aromatic N) is 3. The second-order valence-corrected chi connectivity index (χ2v) is 7.61. The fraction of sp³-hybridized carbons (Fsp3) is 0.400. The maximum absolute atomic E-state index is 12.6. The zero-order valence-electron chi connectivity index (χ0n) is 14.1. The topological polar surface area (TPSA) is 36.4 Å². The van der Waals surface area contributed by atoms with E-state index in [9.17, 15) is 4.79 Å². The first-order valence-corrected chi connectivity index (χ1v) is 9.18. The van der Waals surface area contributed by atoms with Gasteiger partial charge in [0.15, 0.2) is 0 Å².